The van der Waals surface area contributed by atoms with E-state index in [-0.39, 0.29) is 19.3 Å². The molecule has 111 heavy (non-hydrogen) atoms. The van der Waals surface area contributed by atoms with Crippen molar-refractivity contribution in [3.05, 3.63) is 170 Å². The summed E-state index contributed by atoms with van der Waals surface area (Å²) in [6.07, 6.45) is 108. The van der Waals surface area contributed by atoms with E-state index in [9.17, 15) is 43.5 Å². The number of rotatable bonds is 81. The highest BCUT2D eigenvalue weighted by molar-refractivity contribution is 7.47. The Morgan fingerprint density at radius 1 is 0.261 bits per heavy atom. The number of allylic oxidation sites excluding steroid dienone is 28. The zero-order chi connectivity index (χ0) is 80.8. The molecular formula is C93H156O16P2. The number of esters is 3. The lowest BCUT2D eigenvalue weighted by Crippen LogP contribution is -2.30. The number of carbonyl (C=O) groups is 3. The number of aliphatic hydroxyl groups is 2. The predicted octanol–water partition coefficient (Wildman–Crippen LogP) is 26.3. The van der Waals surface area contributed by atoms with Crippen LogP contribution in [0.5, 0.6) is 0 Å². The summed E-state index contributed by atoms with van der Waals surface area (Å²) in [6, 6.07) is 0. The number of ether oxygens (including phenoxy) is 3. The number of carbonyl (C=O) groups excluding carboxylic acids is 3. The fraction of sp³-hybridized carbons (Fsp3) is 0.667. The summed E-state index contributed by atoms with van der Waals surface area (Å²) in [7, 11) is -9.82. The van der Waals surface area contributed by atoms with Crippen LogP contribution in [-0.4, -0.2) is 95.9 Å². The molecule has 0 amide bonds. The van der Waals surface area contributed by atoms with E-state index in [0.29, 0.717) is 19.3 Å². The van der Waals surface area contributed by atoms with E-state index in [4.69, 9.17) is 32.3 Å². The van der Waals surface area contributed by atoms with Crippen LogP contribution in [0.3, 0.4) is 0 Å². The first-order chi connectivity index (χ1) is 54.2. The van der Waals surface area contributed by atoms with Crippen molar-refractivity contribution >= 4 is 33.6 Å². The topological polar surface area (TPSA) is 231 Å². The zero-order valence-corrected chi connectivity index (χ0v) is 71.4. The van der Waals surface area contributed by atoms with Crippen LogP contribution >= 0.6 is 15.6 Å². The Kier molecular flexibility index (Phi) is 80.4. The molecule has 0 aliphatic heterocycles. The maximum atomic E-state index is 13.0. The van der Waals surface area contributed by atoms with Gasteiger partial charge in [-0.25, -0.2) is 9.13 Å². The SMILES string of the molecule is CC/C=C\C/C=C\C/C=C\C/C=C\C/C=C\CCCCCCCCCCCCCCCCCC(=O)OCC(O)COP(=O)(O)OCC(O)COP(=O)(O)OCC(COC(=O)CCCCCCCCCCC/C=C\C/C=C\C/C=C\C/C=C\CCCCC)OC(=O)CCCCC/C=C\C/C=C\C/C=C\C/C=C\C/C=C\CC. The minimum atomic E-state index is -4.95. The largest absolute Gasteiger partial charge is 0.472 e. The summed E-state index contributed by atoms with van der Waals surface area (Å²) in [5.41, 5.74) is 0. The van der Waals surface area contributed by atoms with Gasteiger partial charge in [-0.1, -0.05) is 339 Å². The monoisotopic (exact) mass is 1590 g/mol. The Morgan fingerprint density at radius 3 is 0.766 bits per heavy atom. The first-order valence-corrected chi connectivity index (χ1v) is 46.4. The molecule has 0 rings (SSSR count). The van der Waals surface area contributed by atoms with Crippen LogP contribution in [0, 0.1) is 0 Å². The molecule has 0 fully saturated rings. The van der Waals surface area contributed by atoms with Crippen molar-refractivity contribution in [3.63, 3.8) is 0 Å². The van der Waals surface area contributed by atoms with Crippen LogP contribution < -0.4 is 0 Å². The van der Waals surface area contributed by atoms with Crippen LogP contribution in [0.4, 0.5) is 0 Å². The van der Waals surface area contributed by atoms with Gasteiger partial charge in [0.05, 0.1) is 26.4 Å². The van der Waals surface area contributed by atoms with Gasteiger partial charge in [-0.2, -0.15) is 0 Å². The van der Waals surface area contributed by atoms with Gasteiger partial charge < -0.3 is 34.2 Å². The van der Waals surface area contributed by atoms with Crippen LogP contribution in [0.25, 0.3) is 0 Å². The molecule has 18 heteroatoms. The van der Waals surface area contributed by atoms with E-state index in [1.165, 1.54) is 128 Å². The number of hydrogen-bond donors (Lipinski definition) is 4. The lowest BCUT2D eigenvalue weighted by Gasteiger charge is -2.21. The second-order valence-corrected chi connectivity index (χ2v) is 31.5. The summed E-state index contributed by atoms with van der Waals surface area (Å²) in [4.78, 5) is 58.9. The molecule has 0 aliphatic rings. The Labute approximate surface area is 675 Å². The van der Waals surface area contributed by atoms with Crippen molar-refractivity contribution in [2.75, 3.05) is 39.6 Å². The van der Waals surface area contributed by atoms with Gasteiger partial charge in [0.1, 0.15) is 25.4 Å². The molecule has 0 saturated carbocycles. The Morgan fingerprint density at radius 2 is 0.477 bits per heavy atom. The van der Waals surface area contributed by atoms with Crippen LogP contribution in [0.1, 0.15) is 342 Å². The molecule has 0 radical (unpaired) electrons. The summed E-state index contributed by atoms with van der Waals surface area (Å²) < 4.78 is 61.3. The van der Waals surface area contributed by atoms with Crippen LogP contribution in [-0.2, 0) is 55.8 Å². The number of unbranched alkanes of at least 4 members (excludes halogenated alkanes) is 30. The summed E-state index contributed by atoms with van der Waals surface area (Å²) in [5.74, 6) is -1.62. The van der Waals surface area contributed by atoms with Gasteiger partial charge in [-0.3, -0.25) is 32.5 Å². The first-order valence-electron chi connectivity index (χ1n) is 43.4. The fourth-order valence-corrected chi connectivity index (χ4v) is 13.0. The van der Waals surface area contributed by atoms with Crippen LogP contribution in [0.2, 0.25) is 0 Å². The lowest BCUT2D eigenvalue weighted by atomic mass is 10.0. The van der Waals surface area contributed by atoms with Gasteiger partial charge >= 0.3 is 33.6 Å². The number of phosphoric acid groups is 2. The second kappa shape index (κ2) is 84.3. The number of aliphatic hydroxyl groups excluding tert-OH is 2. The van der Waals surface area contributed by atoms with Gasteiger partial charge in [-0.15, -0.1) is 0 Å². The minimum absolute atomic E-state index is 0.0591. The predicted molar refractivity (Wildman–Crippen MR) is 463 cm³/mol. The summed E-state index contributed by atoms with van der Waals surface area (Å²) >= 11 is 0. The van der Waals surface area contributed by atoms with Crippen molar-refractivity contribution in [1.82, 2.24) is 0 Å². The molecule has 5 unspecified atom stereocenters. The molecule has 4 N–H and O–H groups in total. The first kappa shape index (κ1) is 106. The van der Waals surface area contributed by atoms with Gasteiger partial charge in [0.15, 0.2) is 6.10 Å². The molecular weight excluding hydrogens is 1430 g/mol. The standard InChI is InChI=1S/C93H156O16P2/c1-4-7-10-13-16-19-22-25-28-31-34-36-38-40-41-42-43-44-45-47-49-50-53-55-58-61-64-67-70-73-76-79-91(96)103-82-88(94)83-105-110(99,100)106-84-89(95)85-107-111(101,102)108-87-90(109-93(98)81-78-75-72-69-66-63-60-57-52-33-30-27-24-21-18-15-12-9-6-3)86-104-92(97)80-77-74-71-68-65-62-59-56-54-51-48-46-39-37-35-32-29-26-23-20-17-14-11-8-5-2/h7,9-10,12,16-21,25-30,34-37,40-41,46,48,52,57,63,66,88-90,94-95H,4-6,8,11,13-15,22-24,31-33,38-39,42-45,47,49-51,53-56,58-62,64-65,67-87H2,1-3H3,(H,99,100)(H,101,102)/b10-7-,12-9-,19-16-,20-17-,21-18-,28-25-,29-26-,30-27-,36-34-,37-35-,41-40-,48-46-,57-52-,66-63-. The maximum absolute atomic E-state index is 13.0. The highest BCUT2D eigenvalue weighted by Crippen LogP contribution is 2.45. The van der Waals surface area contributed by atoms with Crippen molar-refractivity contribution in [1.29, 1.82) is 0 Å². The zero-order valence-electron chi connectivity index (χ0n) is 69.6. The third-order valence-corrected chi connectivity index (χ3v) is 19.8. The van der Waals surface area contributed by atoms with Crippen LogP contribution in [0.15, 0.2) is 170 Å². The second-order valence-electron chi connectivity index (χ2n) is 28.6. The third kappa shape index (κ3) is 85.6. The molecule has 0 bridgehead atoms. The van der Waals surface area contributed by atoms with Crippen molar-refractivity contribution < 1.29 is 75.8 Å². The fourth-order valence-electron chi connectivity index (χ4n) is 11.4. The summed E-state index contributed by atoms with van der Waals surface area (Å²) in [6.45, 7) is 2.40. The maximum Gasteiger partial charge on any atom is 0.472 e. The average Bonchev–Trinajstić information content (AvgIpc) is 0.895. The molecule has 0 aromatic rings. The molecule has 16 nitrogen and oxygen atoms in total. The normalized spacial score (nSPS) is 14.7. The molecule has 0 spiro atoms. The molecule has 0 aromatic heterocycles. The Hall–Kier alpha value is -5.09. The lowest BCUT2D eigenvalue weighted by molar-refractivity contribution is -0.161. The smallest absolute Gasteiger partial charge is 0.463 e. The minimum Gasteiger partial charge on any atom is -0.463 e. The molecule has 0 aliphatic carbocycles. The number of phosphoric ester groups is 2. The number of hydrogen-bond acceptors (Lipinski definition) is 14. The van der Waals surface area contributed by atoms with Crippen molar-refractivity contribution in [2.45, 2.75) is 360 Å². The van der Waals surface area contributed by atoms with E-state index in [2.05, 4.69) is 191 Å². The highest BCUT2D eigenvalue weighted by atomic mass is 31.2. The molecule has 634 valence electrons. The molecule has 0 saturated heterocycles. The Bertz CT molecular complexity index is 2700. The van der Waals surface area contributed by atoms with Crippen molar-refractivity contribution in [2.24, 2.45) is 0 Å². The molecule has 0 heterocycles. The van der Waals surface area contributed by atoms with E-state index in [1.54, 1.807) is 0 Å². The van der Waals surface area contributed by atoms with E-state index in [0.717, 1.165) is 154 Å². The van der Waals surface area contributed by atoms with Gasteiger partial charge in [0, 0.05) is 19.3 Å². The van der Waals surface area contributed by atoms with E-state index in [1.807, 2.05) is 0 Å². The quantitative estimate of drug-likeness (QED) is 0.0146. The third-order valence-electron chi connectivity index (χ3n) is 17.9. The van der Waals surface area contributed by atoms with E-state index >= 15 is 0 Å². The van der Waals surface area contributed by atoms with Crippen molar-refractivity contribution in [3.8, 4) is 0 Å². The Balaban J connectivity index is 4.60. The highest BCUT2D eigenvalue weighted by Gasteiger charge is 2.29. The van der Waals surface area contributed by atoms with Gasteiger partial charge in [-0.05, 0) is 154 Å². The summed E-state index contributed by atoms with van der Waals surface area (Å²) in [5, 5.41) is 20.7. The van der Waals surface area contributed by atoms with Gasteiger partial charge in [0.25, 0.3) is 0 Å². The molecule has 0 aromatic carbocycles. The molecule has 5 atom stereocenters. The average molecular weight is 1590 g/mol. The van der Waals surface area contributed by atoms with Gasteiger partial charge in [0.2, 0.25) is 0 Å². The van der Waals surface area contributed by atoms with E-state index < -0.39 is 91.5 Å².